The molecule has 20 heavy (non-hydrogen) atoms. The first kappa shape index (κ1) is 16.3. The molecule has 0 radical (unpaired) electrons. The van der Waals surface area contributed by atoms with Gasteiger partial charge in [-0.3, -0.25) is 4.90 Å². The maximum atomic E-state index is 6.26. The molecule has 3 nitrogen and oxygen atoms in total. The largest absolute Gasteiger partial charge is 0.329 e. The lowest BCUT2D eigenvalue weighted by Crippen LogP contribution is -2.57. The third kappa shape index (κ3) is 4.19. The summed E-state index contributed by atoms with van der Waals surface area (Å²) in [6.07, 6.45) is 12.4. The predicted molar refractivity (Wildman–Crippen MR) is 87.0 cm³/mol. The highest BCUT2D eigenvalue weighted by molar-refractivity contribution is 4.94. The lowest BCUT2D eigenvalue weighted by Gasteiger charge is -2.48. The van der Waals surface area contributed by atoms with Crippen molar-refractivity contribution in [2.75, 3.05) is 40.3 Å². The second-order valence-electron chi connectivity index (χ2n) is 7.39. The van der Waals surface area contributed by atoms with Gasteiger partial charge in [-0.15, -0.1) is 0 Å². The van der Waals surface area contributed by atoms with Gasteiger partial charge in [-0.05, 0) is 58.8 Å². The molecule has 0 aromatic heterocycles. The molecular weight excluding hydrogens is 246 g/mol. The van der Waals surface area contributed by atoms with Crippen LogP contribution in [-0.2, 0) is 0 Å². The summed E-state index contributed by atoms with van der Waals surface area (Å²) < 4.78 is 0. The lowest BCUT2D eigenvalue weighted by atomic mass is 9.80. The fraction of sp³-hybridized carbons (Fsp3) is 1.00. The summed E-state index contributed by atoms with van der Waals surface area (Å²) >= 11 is 0. The molecule has 1 heterocycles. The SMILES string of the molecule is CN(C)CC1CCN(C2(CN)CCCCCCC2)CC1. The van der Waals surface area contributed by atoms with Gasteiger partial charge in [-0.25, -0.2) is 0 Å². The minimum atomic E-state index is 0.337. The third-order valence-corrected chi connectivity index (χ3v) is 5.57. The van der Waals surface area contributed by atoms with Crippen LogP contribution in [0.2, 0.25) is 0 Å². The molecule has 2 rings (SSSR count). The van der Waals surface area contributed by atoms with E-state index >= 15 is 0 Å². The molecule has 0 bridgehead atoms. The summed E-state index contributed by atoms with van der Waals surface area (Å²) in [7, 11) is 4.39. The topological polar surface area (TPSA) is 32.5 Å². The van der Waals surface area contributed by atoms with Crippen LogP contribution in [0, 0.1) is 5.92 Å². The molecule has 0 spiro atoms. The predicted octanol–water partition coefficient (Wildman–Crippen LogP) is 2.70. The first-order chi connectivity index (χ1) is 9.66. The van der Waals surface area contributed by atoms with Gasteiger partial charge in [0.15, 0.2) is 0 Å². The molecule has 2 N–H and O–H groups in total. The molecule has 3 heteroatoms. The third-order valence-electron chi connectivity index (χ3n) is 5.57. The van der Waals surface area contributed by atoms with E-state index in [-0.39, 0.29) is 0 Å². The van der Waals surface area contributed by atoms with Gasteiger partial charge >= 0.3 is 0 Å². The summed E-state index contributed by atoms with van der Waals surface area (Å²) in [6, 6.07) is 0. The molecule has 0 aromatic rings. The van der Waals surface area contributed by atoms with Crippen molar-refractivity contribution in [2.45, 2.75) is 63.3 Å². The zero-order valence-electron chi connectivity index (χ0n) is 13.7. The maximum Gasteiger partial charge on any atom is 0.0331 e. The van der Waals surface area contributed by atoms with Gasteiger partial charge in [-0.2, -0.15) is 0 Å². The zero-order chi connectivity index (χ0) is 14.4. The van der Waals surface area contributed by atoms with Crippen molar-refractivity contribution in [3.8, 4) is 0 Å². The summed E-state index contributed by atoms with van der Waals surface area (Å²) in [5.74, 6) is 0.893. The van der Waals surface area contributed by atoms with E-state index in [9.17, 15) is 0 Å². The average molecular weight is 281 g/mol. The highest BCUT2D eigenvalue weighted by Gasteiger charge is 2.37. The monoisotopic (exact) mass is 281 g/mol. The van der Waals surface area contributed by atoms with E-state index in [1.165, 1.54) is 77.4 Å². The molecular formula is C17H35N3. The molecule has 0 amide bonds. The second-order valence-corrected chi connectivity index (χ2v) is 7.39. The highest BCUT2D eigenvalue weighted by Crippen LogP contribution is 2.34. The number of rotatable bonds is 4. The van der Waals surface area contributed by atoms with Gasteiger partial charge in [-0.1, -0.05) is 32.1 Å². The number of nitrogens with two attached hydrogens (primary N) is 1. The van der Waals surface area contributed by atoms with Crippen LogP contribution in [0.25, 0.3) is 0 Å². The lowest BCUT2D eigenvalue weighted by molar-refractivity contribution is 0.0306. The van der Waals surface area contributed by atoms with Crippen LogP contribution >= 0.6 is 0 Å². The van der Waals surface area contributed by atoms with Crippen LogP contribution in [-0.4, -0.2) is 55.6 Å². The second kappa shape index (κ2) is 7.77. The molecule has 2 fully saturated rings. The zero-order valence-corrected chi connectivity index (χ0v) is 13.7. The highest BCUT2D eigenvalue weighted by atomic mass is 15.2. The van der Waals surface area contributed by atoms with Crippen molar-refractivity contribution in [2.24, 2.45) is 11.7 Å². The normalized spacial score (nSPS) is 26.4. The Hall–Kier alpha value is -0.120. The van der Waals surface area contributed by atoms with E-state index < -0.39 is 0 Å². The smallest absolute Gasteiger partial charge is 0.0331 e. The van der Waals surface area contributed by atoms with Crippen LogP contribution < -0.4 is 5.73 Å². The molecule has 0 unspecified atom stereocenters. The van der Waals surface area contributed by atoms with Gasteiger partial charge in [0.25, 0.3) is 0 Å². The number of hydrogen-bond donors (Lipinski definition) is 1. The van der Waals surface area contributed by atoms with Crippen molar-refractivity contribution in [3.05, 3.63) is 0 Å². The minimum Gasteiger partial charge on any atom is -0.329 e. The van der Waals surface area contributed by atoms with Crippen LogP contribution in [0.15, 0.2) is 0 Å². The molecule has 0 atom stereocenters. The number of hydrogen-bond acceptors (Lipinski definition) is 3. The van der Waals surface area contributed by atoms with E-state index in [0.717, 1.165) is 12.5 Å². The molecule has 2 aliphatic rings. The summed E-state index contributed by atoms with van der Waals surface area (Å²) in [6.45, 7) is 4.67. The van der Waals surface area contributed by atoms with Gasteiger partial charge in [0, 0.05) is 18.6 Å². The number of likely N-dealkylation sites (tertiary alicyclic amines) is 1. The Bertz CT molecular complexity index is 261. The van der Waals surface area contributed by atoms with Gasteiger partial charge < -0.3 is 10.6 Å². The molecule has 1 saturated heterocycles. The molecule has 1 aliphatic carbocycles. The van der Waals surface area contributed by atoms with Crippen LogP contribution in [0.5, 0.6) is 0 Å². The Morgan fingerprint density at radius 3 is 2.05 bits per heavy atom. The van der Waals surface area contributed by atoms with Crippen LogP contribution in [0.4, 0.5) is 0 Å². The summed E-state index contributed by atoms with van der Waals surface area (Å²) in [5, 5.41) is 0. The maximum absolute atomic E-state index is 6.26. The van der Waals surface area contributed by atoms with Crippen molar-refractivity contribution < 1.29 is 0 Å². The van der Waals surface area contributed by atoms with E-state index in [1.54, 1.807) is 0 Å². The van der Waals surface area contributed by atoms with Crippen molar-refractivity contribution in [1.29, 1.82) is 0 Å². The van der Waals surface area contributed by atoms with Crippen molar-refractivity contribution >= 4 is 0 Å². The van der Waals surface area contributed by atoms with Crippen LogP contribution in [0.3, 0.4) is 0 Å². The first-order valence-electron chi connectivity index (χ1n) is 8.76. The van der Waals surface area contributed by atoms with Gasteiger partial charge in [0.1, 0.15) is 0 Å². The molecule has 118 valence electrons. The van der Waals surface area contributed by atoms with E-state index in [2.05, 4.69) is 23.9 Å². The van der Waals surface area contributed by atoms with E-state index in [4.69, 9.17) is 5.73 Å². The Balaban J connectivity index is 1.91. The number of nitrogens with zero attached hydrogens (tertiary/aromatic N) is 2. The minimum absolute atomic E-state index is 0.337. The molecule has 1 aliphatic heterocycles. The van der Waals surface area contributed by atoms with Crippen molar-refractivity contribution in [3.63, 3.8) is 0 Å². The molecule has 1 saturated carbocycles. The fourth-order valence-corrected chi connectivity index (χ4v) is 4.32. The summed E-state index contributed by atoms with van der Waals surface area (Å²) in [5.41, 5.74) is 6.59. The first-order valence-corrected chi connectivity index (χ1v) is 8.76. The average Bonchev–Trinajstić information content (AvgIpc) is 2.40. The van der Waals surface area contributed by atoms with Crippen molar-refractivity contribution in [1.82, 2.24) is 9.80 Å². The molecule has 0 aromatic carbocycles. The quantitative estimate of drug-likeness (QED) is 0.860. The van der Waals surface area contributed by atoms with E-state index in [1.807, 2.05) is 0 Å². The Labute approximate surface area is 125 Å². The van der Waals surface area contributed by atoms with Crippen LogP contribution in [0.1, 0.15) is 57.8 Å². The number of piperidine rings is 1. The Kier molecular flexibility index (Phi) is 6.31. The van der Waals surface area contributed by atoms with E-state index in [0.29, 0.717) is 5.54 Å². The summed E-state index contributed by atoms with van der Waals surface area (Å²) in [4.78, 5) is 5.11. The van der Waals surface area contributed by atoms with Gasteiger partial charge in [0.05, 0.1) is 0 Å². The fourth-order valence-electron chi connectivity index (χ4n) is 4.32. The standard InChI is InChI=1S/C17H35N3/c1-19(2)14-16-8-12-20(13-9-16)17(15-18)10-6-4-3-5-7-11-17/h16H,3-15,18H2,1-2H3. The van der Waals surface area contributed by atoms with Gasteiger partial charge in [0.2, 0.25) is 0 Å². The Morgan fingerprint density at radius 1 is 1.00 bits per heavy atom. The Morgan fingerprint density at radius 2 is 1.55 bits per heavy atom.